The summed E-state index contributed by atoms with van der Waals surface area (Å²) in [5.74, 6) is -0.294. The molecule has 0 bridgehead atoms. The quantitative estimate of drug-likeness (QED) is 0.657. The topological polar surface area (TPSA) is 50.9 Å². The van der Waals surface area contributed by atoms with Crippen LogP contribution in [0.1, 0.15) is 5.56 Å². The van der Waals surface area contributed by atoms with Crippen molar-refractivity contribution in [2.24, 2.45) is 0 Å². The lowest BCUT2D eigenvalue weighted by atomic mass is 10.1. The van der Waals surface area contributed by atoms with Crippen LogP contribution in [0, 0.1) is 12.7 Å². The highest BCUT2D eigenvalue weighted by atomic mass is 79.9. The molecule has 3 rings (SSSR count). The molecule has 0 radical (unpaired) electrons. The van der Waals surface area contributed by atoms with E-state index in [4.69, 9.17) is 5.73 Å². The molecular weight excluding hydrogens is 333 g/mol. The van der Waals surface area contributed by atoms with Crippen LogP contribution < -0.4 is 11.1 Å². The van der Waals surface area contributed by atoms with Crippen molar-refractivity contribution in [2.45, 2.75) is 6.92 Å². The highest BCUT2D eigenvalue weighted by Crippen LogP contribution is 2.31. The summed E-state index contributed by atoms with van der Waals surface area (Å²) in [6.45, 7) is 1.85. The summed E-state index contributed by atoms with van der Waals surface area (Å²) in [5, 5.41) is 3.90. The minimum absolute atomic E-state index is 0.294. The van der Waals surface area contributed by atoms with Crippen LogP contribution >= 0.6 is 15.9 Å². The summed E-state index contributed by atoms with van der Waals surface area (Å²) < 4.78 is 14.8. The number of hydrogen-bond acceptors (Lipinski definition) is 3. The SMILES string of the molecule is Cc1ccc(Nc2ccc(N)c3cc(Br)cnc23)c(F)c1. The number of hydrogen-bond donors (Lipinski definition) is 2. The van der Waals surface area contributed by atoms with Gasteiger partial charge in [-0.25, -0.2) is 4.39 Å². The predicted octanol–water partition coefficient (Wildman–Crippen LogP) is 4.77. The zero-order valence-corrected chi connectivity index (χ0v) is 12.9. The fraction of sp³-hybridized carbons (Fsp3) is 0.0625. The van der Waals surface area contributed by atoms with E-state index in [1.165, 1.54) is 6.07 Å². The van der Waals surface area contributed by atoms with Crippen LogP contribution in [0.2, 0.25) is 0 Å². The van der Waals surface area contributed by atoms with Crippen LogP contribution in [0.25, 0.3) is 10.9 Å². The van der Waals surface area contributed by atoms with Gasteiger partial charge in [0.15, 0.2) is 0 Å². The minimum atomic E-state index is -0.294. The van der Waals surface area contributed by atoms with Crippen molar-refractivity contribution in [3.05, 3.63) is 58.4 Å². The Balaban J connectivity index is 2.11. The third-order valence-corrected chi connectivity index (χ3v) is 3.68. The van der Waals surface area contributed by atoms with Crippen LogP contribution in [0.15, 0.2) is 47.1 Å². The number of aromatic nitrogens is 1. The maximum absolute atomic E-state index is 14.0. The molecule has 106 valence electrons. The average Bonchev–Trinajstić information content (AvgIpc) is 2.45. The first kappa shape index (κ1) is 13.8. The molecule has 1 heterocycles. The van der Waals surface area contributed by atoms with Crippen molar-refractivity contribution in [1.82, 2.24) is 4.98 Å². The van der Waals surface area contributed by atoms with Gasteiger partial charge in [0, 0.05) is 21.7 Å². The van der Waals surface area contributed by atoms with Gasteiger partial charge < -0.3 is 11.1 Å². The Bertz CT molecular complexity index is 833. The standard InChI is InChI=1S/C16H13BrFN3/c1-9-2-4-14(12(18)6-9)21-15-5-3-13(19)11-7-10(17)8-20-16(11)15/h2-8,21H,19H2,1H3. The van der Waals surface area contributed by atoms with E-state index in [0.717, 1.165) is 21.1 Å². The molecule has 0 amide bonds. The Kier molecular flexibility index (Phi) is 3.51. The number of nitrogens with one attached hydrogen (secondary N) is 1. The number of nitrogens with zero attached hydrogens (tertiary/aromatic N) is 1. The molecular formula is C16H13BrFN3. The van der Waals surface area contributed by atoms with Gasteiger partial charge in [0.1, 0.15) is 5.82 Å². The van der Waals surface area contributed by atoms with Gasteiger partial charge in [-0.05, 0) is 58.7 Å². The van der Waals surface area contributed by atoms with Crippen molar-refractivity contribution in [1.29, 1.82) is 0 Å². The van der Waals surface area contributed by atoms with Gasteiger partial charge in [0.25, 0.3) is 0 Å². The molecule has 3 N–H and O–H groups in total. The first-order valence-electron chi connectivity index (χ1n) is 6.41. The Morgan fingerprint density at radius 3 is 2.67 bits per heavy atom. The van der Waals surface area contributed by atoms with Crippen molar-refractivity contribution in [3.8, 4) is 0 Å². The lowest BCUT2D eigenvalue weighted by Crippen LogP contribution is -1.98. The molecule has 0 atom stereocenters. The number of nitrogen functional groups attached to an aromatic ring is 1. The Morgan fingerprint density at radius 2 is 1.90 bits per heavy atom. The average molecular weight is 346 g/mol. The van der Waals surface area contributed by atoms with E-state index in [-0.39, 0.29) is 5.82 Å². The maximum Gasteiger partial charge on any atom is 0.146 e. The third-order valence-electron chi connectivity index (χ3n) is 3.24. The number of nitrogens with two attached hydrogens (primary N) is 1. The van der Waals surface area contributed by atoms with Crippen molar-refractivity contribution in [3.63, 3.8) is 0 Å². The lowest BCUT2D eigenvalue weighted by Gasteiger charge is -2.12. The molecule has 0 aliphatic rings. The van der Waals surface area contributed by atoms with Crippen LogP contribution in [-0.2, 0) is 0 Å². The molecule has 1 aromatic heterocycles. The van der Waals surface area contributed by atoms with Gasteiger partial charge in [-0.2, -0.15) is 0 Å². The molecule has 21 heavy (non-hydrogen) atoms. The molecule has 3 nitrogen and oxygen atoms in total. The largest absolute Gasteiger partial charge is 0.398 e. The summed E-state index contributed by atoms with van der Waals surface area (Å²) in [5.41, 5.74) is 9.32. The first-order valence-corrected chi connectivity index (χ1v) is 7.21. The zero-order valence-electron chi connectivity index (χ0n) is 11.3. The van der Waals surface area contributed by atoms with Gasteiger partial charge >= 0.3 is 0 Å². The first-order chi connectivity index (χ1) is 10.0. The Hall–Kier alpha value is -2.14. The fourth-order valence-corrected chi connectivity index (χ4v) is 2.51. The molecule has 0 unspecified atom stereocenters. The van der Waals surface area contributed by atoms with Gasteiger partial charge in [0.05, 0.1) is 16.9 Å². The van der Waals surface area contributed by atoms with E-state index in [2.05, 4.69) is 26.2 Å². The Labute approximate surface area is 130 Å². The van der Waals surface area contributed by atoms with E-state index in [9.17, 15) is 4.39 Å². The summed E-state index contributed by atoms with van der Waals surface area (Å²) in [7, 11) is 0. The Morgan fingerprint density at radius 1 is 1.14 bits per heavy atom. The molecule has 0 saturated heterocycles. The second-order valence-electron chi connectivity index (χ2n) is 4.86. The van der Waals surface area contributed by atoms with Crippen molar-refractivity contribution >= 4 is 43.9 Å². The number of rotatable bonds is 2. The van der Waals surface area contributed by atoms with E-state index in [0.29, 0.717) is 16.9 Å². The molecule has 0 saturated carbocycles. The molecule has 5 heteroatoms. The van der Waals surface area contributed by atoms with E-state index in [1.807, 2.05) is 19.1 Å². The maximum atomic E-state index is 14.0. The molecule has 2 aromatic carbocycles. The fourth-order valence-electron chi connectivity index (χ4n) is 2.18. The van der Waals surface area contributed by atoms with E-state index >= 15 is 0 Å². The lowest BCUT2D eigenvalue weighted by molar-refractivity contribution is 0.631. The number of aryl methyl sites for hydroxylation is 1. The van der Waals surface area contributed by atoms with Gasteiger partial charge in [-0.3, -0.25) is 4.98 Å². The summed E-state index contributed by atoms with van der Waals surface area (Å²) in [6, 6.07) is 10.5. The van der Waals surface area contributed by atoms with E-state index < -0.39 is 0 Å². The van der Waals surface area contributed by atoms with Crippen LogP contribution in [0.5, 0.6) is 0 Å². The predicted molar refractivity (Wildman–Crippen MR) is 88.3 cm³/mol. The van der Waals surface area contributed by atoms with Crippen molar-refractivity contribution < 1.29 is 4.39 Å². The molecule has 0 fully saturated rings. The number of halogens is 2. The van der Waals surface area contributed by atoms with Gasteiger partial charge in [-0.1, -0.05) is 6.07 Å². The highest BCUT2D eigenvalue weighted by Gasteiger charge is 2.09. The normalized spacial score (nSPS) is 10.8. The van der Waals surface area contributed by atoms with Crippen LogP contribution in [-0.4, -0.2) is 4.98 Å². The summed E-state index contributed by atoms with van der Waals surface area (Å²) >= 11 is 3.38. The third kappa shape index (κ3) is 2.69. The number of benzene rings is 2. The number of fused-ring (bicyclic) bond motifs is 1. The van der Waals surface area contributed by atoms with Gasteiger partial charge in [-0.15, -0.1) is 0 Å². The van der Waals surface area contributed by atoms with Crippen LogP contribution in [0.4, 0.5) is 21.5 Å². The second kappa shape index (κ2) is 5.33. The molecule has 3 aromatic rings. The van der Waals surface area contributed by atoms with E-state index in [1.54, 1.807) is 24.4 Å². The van der Waals surface area contributed by atoms with Crippen molar-refractivity contribution in [2.75, 3.05) is 11.1 Å². The zero-order chi connectivity index (χ0) is 15.0. The monoisotopic (exact) mass is 345 g/mol. The highest BCUT2D eigenvalue weighted by molar-refractivity contribution is 9.10. The van der Waals surface area contributed by atoms with Crippen LogP contribution in [0.3, 0.4) is 0 Å². The summed E-state index contributed by atoms with van der Waals surface area (Å²) in [6.07, 6.45) is 1.69. The summed E-state index contributed by atoms with van der Waals surface area (Å²) in [4.78, 5) is 4.37. The molecule has 0 aliphatic heterocycles. The second-order valence-corrected chi connectivity index (χ2v) is 5.78. The minimum Gasteiger partial charge on any atom is -0.398 e. The smallest absolute Gasteiger partial charge is 0.146 e. The van der Waals surface area contributed by atoms with Gasteiger partial charge in [0.2, 0.25) is 0 Å². The molecule has 0 aliphatic carbocycles. The number of pyridine rings is 1. The number of anilines is 3. The molecule has 0 spiro atoms.